The molecular weight excluding hydrogens is 378 g/mol. The molecule has 0 saturated carbocycles. The number of unbranched alkanes of at least 4 members (excludes halogenated alkanes) is 19. The quantitative estimate of drug-likeness (QED) is 0.121. The second-order valence-electron chi connectivity index (χ2n) is 10.2. The molecule has 3 nitrogen and oxygen atoms in total. The Morgan fingerprint density at radius 2 is 0.871 bits per heavy atom. The third-order valence-electron chi connectivity index (χ3n) is 6.45. The highest BCUT2D eigenvalue weighted by molar-refractivity contribution is 4.67. The summed E-state index contributed by atoms with van der Waals surface area (Å²) in [6.07, 6.45) is 28.9. The van der Waals surface area contributed by atoms with Gasteiger partial charge in [-0.25, -0.2) is 0 Å². The number of nitrogens with two attached hydrogens (primary N) is 1. The van der Waals surface area contributed by atoms with Crippen molar-refractivity contribution in [1.29, 1.82) is 0 Å². The van der Waals surface area contributed by atoms with Crippen LogP contribution < -0.4 is 16.4 Å². The third-order valence-corrected chi connectivity index (χ3v) is 6.45. The molecule has 2 unspecified atom stereocenters. The van der Waals surface area contributed by atoms with E-state index in [1.165, 1.54) is 128 Å². The first-order chi connectivity index (χ1) is 15.2. The maximum Gasteiger partial charge on any atom is 0.0164 e. The fraction of sp³-hybridized carbons (Fsp3) is 1.00. The zero-order valence-electron chi connectivity index (χ0n) is 22.0. The molecule has 0 saturated heterocycles. The van der Waals surface area contributed by atoms with E-state index in [9.17, 15) is 0 Å². The lowest BCUT2D eigenvalue weighted by Gasteiger charge is -2.16. The predicted molar refractivity (Wildman–Crippen MR) is 142 cm³/mol. The highest BCUT2D eigenvalue weighted by Gasteiger charge is 2.01. The minimum absolute atomic E-state index is 0.243. The fourth-order valence-electron chi connectivity index (χ4n) is 4.28. The van der Waals surface area contributed by atoms with Crippen LogP contribution in [0.1, 0.15) is 149 Å². The molecule has 0 aliphatic heterocycles. The summed E-state index contributed by atoms with van der Waals surface area (Å²) in [7, 11) is 0. The number of hydrogen-bond acceptors (Lipinski definition) is 3. The van der Waals surface area contributed by atoms with Crippen molar-refractivity contribution in [3.05, 3.63) is 0 Å². The highest BCUT2D eigenvalue weighted by Crippen LogP contribution is 2.14. The van der Waals surface area contributed by atoms with Crippen LogP contribution in [0.25, 0.3) is 0 Å². The van der Waals surface area contributed by atoms with Crippen molar-refractivity contribution >= 4 is 0 Å². The number of hydrogen-bond donors (Lipinski definition) is 3. The molecule has 3 heteroatoms. The van der Waals surface area contributed by atoms with Gasteiger partial charge in [0.1, 0.15) is 0 Å². The Labute approximate surface area is 197 Å². The van der Waals surface area contributed by atoms with Crippen LogP contribution in [-0.2, 0) is 0 Å². The fourth-order valence-corrected chi connectivity index (χ4v) is 4.28. The van der Waals surface area contributed by atoms with Gasteiger partial charge in [-0.1, -0.05) is 129 Å². The van der Waals surface area contributed by atoms with Crippen LogP contribution in [0.5, 0.6) is 0 Å². The molecule has 0 rings (SSSR count). The number of nitrogens with one attached hydrogen (secondary N) is 2. The second kappa shape index (κ2) is 26.1. The van der Waals surface area contributed by atoms with E-state index in [1.807, 2.05) is 6.92 Å². The van der Waals surface area contributed by atoms with Crippen LogP contribution in [-0.4, -0.2) is 31.7 Å². The molecule has 0 heterocycles. The molecule has 0 fully saturated rings. The molecule has 0 amide bonds. The van der Waals surface area contributed by atoms with E-state index < -0.39 is 0 Å². The summed E-state index contributed by atoms with van der Waals surface area (Å²) in [6.45, 7) is 9.68. The molecule has 0 aliphatic carbocycles. The molecule has 0 radical (unpaired) electrons. The van der Waals surface area contributed by atoms with Crippen LogP contribution in [0.3, 0.4) is 0 Å². The first kappa shape index (κ1) is 30.9. The second-order valence-corrected chi connectivity index (χ2v) is 10.2. The van der Waals surface area contributed by atoms with Crippen LogP contribution in [0.4, 0.5) is 0 Å². The Kier molecular flexibility index (Phi) is 26.0. The third kappa shape index (κ3) is 27.8. The minimum atomic E-state index is 0.243. The standard InChI is InChI=1S/C28H61N3/c1-4-5-6-7-8-9-10-11-12-13-14-15-16-17-18-19-20-21-22-23-24-30-26-28(3)31-25-27(2)29/h27-28,30-31H,4-26,29H2,1-3H3. The van der Waals surface area contributed by atoms with Gasteiger partial charge in [-0.3, -0.25) is 0 Å². The van der Waals surface area contributed by atoms with Gasteiger partial charge in [0.2, 0.25) is 0 Å². The van der Waals surface area contributed by atoms with Gasteiger partial charge in [0.25, 0.3) is 0 Å². The summed E-state index contributed by atoms with van der Waals surface area (Å²) >= 11 is 0. The van der Waals surface area contributed by atoms with Gasteiger partial charge in [-0.05, 0) is 26.8 Å². The van der Waals surface area contributed by atoms with Crippen molar-refractivity contribution in [2.75, 3.05) is 19.6 Å². The van der Waals surface area contributed by atoms with E-state index in [-0.39, 0.29) is 6.04 Å². The average molecular weight is 440 g/mol. The van der Waals surface area contributed by atoms with E-state index in [4.69, 9.17) is 5.73 Å². The zero-order valence-corrected chi connectivity index (χ0v) is 22.0. The van der Waals surface area contributed by atoms with Gasteiger partial charge >= 0.3 is 0 Å². The van der Waals surface area contributed by atoms with Gasteiger partial charge in [0.15, 0.2) is 0 Å². The summed E-state index contributed by atoms with van der Waals surface area (Å²) in [5.41, 5.74) is 5.77. The summed E-state index contributed by atoms with van der Waals surface area (Å²) in [5, 5.41) is 7.02. The van der Waals surface area contributed by atoms with Gasteiger partial charge in [0.05, 0.1) is 0 Å². The van der Waals surface area contributed by atoms with E-state index in [1.54, 1.807) is 0 Å². The van der Waals surface area contributed by atoms with E-state index in [0.717, 1.165) is 19.6 Å². The molecule has 0 aliphatic rings. The van der Waals surface area contributed by atoms with E-state index in [0.29, 0.717) is 6.04 Å². The first-order valence-electron chi connectivity index (χ1n) is 14.4. The molecule has 0 spiro atoms. The molecule has 4 N–H and O–H groups in total. The topological polar surface area (TPSA) is 50.1 Å². The normalized spacial score (nSPS) is 13.5. The van der Waals surface area contributed by atoms with Gasteiger partial charge in [-0.15, -0.1) is 0 Å². The Bertz CT molecular complexity index is 319. The number of rotatable bonds is 26. The van der Waals surface area contributed by atoms with Crippen molar-refractivity contribution in [2.45, 2.75) is 161 Å². The summed E-state index contributed by atoms with van der Waals surface area (Å²) < 4.78 is 0. The molecule has 0 aromatic heterocycles. The molecule has 31 heavy (non-hydrogen) atoms. The van der Waals surface area contributed by atoms with Crippen molar-refractivity contribution in [3.63, 3.8) is 0 Å². The van der Waals surface area contributed by atoms with E-state index in [2.05, 4.69) is 24.5 Å². The molecule has 0 bridgehead atoms. The monoisotopic (exact) mass is 439 g/mol. The highest BCUT2D eigenvalue weighted by atomic mass is 15.0. The largest absolute Gasteiger partial charge is 0.327 e. The molecule has 0 aromatic carbocycles. The first-order valence-corrected chi connectivity index (χ1v) is 14.4. The van der Waals surface area contributed by atoms with Crippen molar-refractivity contribution < 1.29 is 0 Å². The lowest BCUT2D eigenvalue weighted by molar-refractivity contribution is 0.474. The Morgan fingerprint density at radius 3 is 1.23 bits per heavy atom. The summed E-state index contributed by atoms with van der Waals surface area (Å²) in [5.74, 6) is 0. The summed E-state index contributed by atoms with van der Waals surface area (Å²) in [6, 6.07) is 0.753. The van der Waals surface area contributed by atoms with Crippen molar-refractivity contribution in [3.8, 4) is 0 Å². The zero-order chi connectivity index (χ0) is 22.8. The van der Waals surface area contributed by atoms with Crippen molar-refractivity contribution in [1.82, 2.24) is 10.6 Å². The van der Waals surface area contributed by atoms with Crippen LogP contribution in [0.15, 0.2) is 0 Å². The smallest absolute Gasteiger partial charge is 0.0164 e. The maximum atomic E-state index is 5.77. The SMILES string of the molecule is CCCCCCCCCCCCCCCCCCCCCCNCC(C)NCC(C)N. The Balaban J connectivity index is 3.06. The lowest BCUT2D eigenvalue weighted by Crippen LogP contribution is -2.41. The molecular formula is C28H61N3. The Morgan fingerprint density at radius 1 is 0.516 bits per heavy atom. The van der Waals surface area contributed by atoms with Gasteiger partial charge in [0, 0.05) is 25.2 Å². The molecule has 188 valence electrons. The Hall–Kier alpha value is -0.120. The average Bonchev–Trinajstić information content (AvgIpc) is 2.75. The van der Waals surface area contributed by atoms with Crippen molar-refractivity contribution in [2.24, 2.45) is 5.73 Å². The molecule has 0 aromatic rings. The van der Waals surface area contributed by atoms with Gasteiger partial charge in [-0.2, -0.15) is 0 Å². The van der Waals surface area contributed by atoms with Crippen LogP contribution in [0.2, 0.25) is 0 Å². The van der Waals surface area contributed by atoms with Gasteiger partial charge < -0.3 is 16.4 Å². The lowest BCUT2D eigenvalue weighted by atomic mass is 10.0. The van der Waals surface area contributed by atoms with Crippen LogP contribution >= 0.6 is 0 Å². The minimum Gasteiger partial charge on any atom is -0.327 e. The summed E-state index contributed by atoms with van der Waals surface area (Å²) in [4.78, 5) is 0. The van der Waals surface area contributed by atoms with E-state index >= 15 is 0 Å². The molecule has 2 atom stereocenters. The van der Waals surface area contributed by atoms with Crippen LogP contribution in [0, 0.1) is 0 Å². The predicted octanol–water partition coefficient (Wildman–Crippen LogP) is 7.72. The maximum absolute atomic E-state index is 5.77.